The lowest BCUT2D eigenvalue weighted by atomic mass is 10.0. The van der Waals surface area contributed by atoms with E-state index in [-0.39, 0.29) is 11.8 Å². The van der Waals surface area contributed by atoms with E-state index in [9.17, 15) is 9.59 Å². The average Bonchev–Trinajstić information content (AvgIpc) is 3.34. The summed E-state index contributed by atoms with van der Waals surface area (Å²) in [5.74, 6) is 0.327. The third-order valence-electron chi connectivity index (χ3n) is 5.88. The van der Waals surface area contributed by atoms with Gasteiger partial charge in [-0.3, -0.25) is 19.6 Å². The van der Waals surface area contributed by atoms with Crippen LogP contribution in [0.25, 0.3) is 0 Å². The second-order valence-electron chi connectivity index (χ2n) is 8.10. The lowest BCUT2D eigenvalue weighted by Crippen LogP contribution is -2.42. The lowest BCUT2D eigenvalue weighted by molar-refractivity contribution is 0.0658. The lowest BCUT2D eigenvalue weighted by Gasteiger charge is -2.36. The molecule has 1 unspecified atom stereocenters. The molecule has 170 valence electrons. The van der Waals surface area contributed by atoms with Crippen LogP contribution in [0, 0.1) is 0 Å². The molecular formula is C26H24N6O2. The Labute approximate surface area is 197 Å². The second kappa shape index (κ2) is 9.66. The number of hydrogen-bond donors (Lipinski definition) is 1. The van der Waals surface area contributed by atoms with Gasteiger partial charge in [0.25, 0.3) is 11.8 Å². The minimum atomic E-state index is -0.403. The van der Waals surface area contributed by atoms with Crippen molar-refractivity contribution in [3.8, 4) is 0 Å². The van der Waals surface area contributed by atoms with Crippen molar-refractivity contribution in [2.75, 3.05) is 13.1 Å². The first kappa shape index (κ1) is 21.5. The molecule has 1 aliphatic rings. The number of nitrogens with one attached hydrogen (secondary N) is 1. The maximum Gasteiger partial charge on any atom is 0.271 e. The predicted molar refractivity (Wildman–Crippen MR) is 126 cm³/mol. The Morgan fingerprint density at radius 1 is 0.941 bits per heavy atom. The summed E-state index contributed by atoms with van der Waals surface area (Å²) >= 11 is 0. The number of pyridine rings is 2. The van der Waals surface area contributed by atoms with Crippen molar-refractivity contribution in [2.45, 2.75) is 19.0 Å². The molecule has 0 aliphatic carbocycles. The van der Waals surface area contributed by atoms with Crippen molar-refractivity contribution in [3.05, 3.63) is 114 Å². The number of aromatic nitrogens is 4. The first-order chi connectivity index (χ1) is 16.7. The highest BCUT2D eigenvalue weighted by Gasteiger charge is 2.35. The zero-order valence-corrected chi connectivity index (χ0v) is 18.5. The van der Waals surface area contributed by atoms with Crippen LogP contribution in [0.5, 0.6) is 0 Å². The summed E-state index contributed by atoms with van der Waals surface area (Å²) < 4.78 is 1.97. The first-order valence-corrected chi connectivity index (χ1v) is 11.2. The largest absolute Gasteiger partial charge is 0.350 e. The number of carbonyl (C=O) groups is 2. The number of fused-ring (bicyclic) bond motifs is 1. The van der Waals surface area contributed by atoms with E-state index in [4.69, 9.17) is 0 Å². The number of nitrogens with zero attached hydrogens (tertiary/aromatic N) is 5. The Morgan fingerprint density at radius 3 is 2.47 bits per heavy atom. The third kappa shape index (κ3) is 4.43. The summed E-state index contributed by atoms with van der Waals surface area (Å²) in [7, 11) is 0. The van der Waals surface area contributed by atoms with Gasteiger partial charge >= 0.3 is 0 Å². The molecule has 4 heterocycles. The van der Waals surface area contributed by atoms with E-state index in [1.165, 1.54) is 0 Å². The highest BCUT2D eigenvalue weighted by molar-refractivity contribution is 5.95. The van der Waals surface area contributed by atoms with Crippen LogP contribution >= 0.6 is 0 Å². The topological polar surface area (TPSA) is 93.0 Å². The molecule has 5 rings (SSSR count). The quantitative estimate of drug-likeness (QED) is 0.486. The van der Waals surface area contributed by atoms with E-state index in [1.54, 1.807) is 48.0 Å². The zero-order chi connectivity index (χ0) is 23.3. The molecule has 1 atom stereocenters. The third-order valence-corrected chi connectivity index (χ3v) is 5.88. The van der Waals surface area contributed by atoms with Gasteiger partial charge in [0.2, 0.25) is 0 Å². The van der Waals surface area contributed by atoms with Crippen LogP contribution in [0.2, 0.25) is 0 Å². The van der Waals surface area contributed by atoms with Crippen molar-refractivity contribution in [1.29, 1.82) is 0 Å². The van der Waals surface area contributed by atoms with Crippen LogP contribution in [-0.2, 0) is 13.0 Å². The van der Waals surface area contributed by atoms with Crippen molar-refractivity contribution >= 4 is 11.8 Å². The van der Waals surface area contributed by atoms with Gasteiger partial charge in [0.15, 0.2) is 0 Å². The summed E-state index contributed by atoms with van der Waals surface area (Å²) in [6.45, 7) is 1.54. The molecule has 4 aromatic rings. The molecule has 34 heavy (non-hydrogen) atoms. The number of carbonyl (C=O) groups excluding carboxylic acids is 2. The monoisotopic (exact) mass is 452 g/mol. The number of benzene rings is 1. The molecule has 0 fully saturated rings. The van der Waals surface area contributed by atoms with E-state index >= 15 is 0 Å². The van der Waals surface area contributed by atoms with Gasteiger partial charge in [-0.1, -0.05) is 36.4 Å². The zero-order valence-electron chi connectivity index (χ0n) is 18.5. The van der Waals surface area contributed by atoms with Crippen molar-refractivity contribution in [2.24, 2.45) is 0 Å². The maximum absolute atomic E-state index is 13.4. The van der Waals surface area contributed by atoms with Crippen molar-refractivity contribution < 1.29 is 9.59 Å². The van der Waals surface area contributed by atoms with Gasteiger partial charge in [-0.05, 0) is 35.7 Å². The maximum atomic E-state index is 13.4. The summed E-state index contributed by atoms with van der Waals surface area (Å²) in [5, 5.41) is 2.94. The number of rotatable bonds is 6. The molecule has 1 N–H and O–H groups in total. The molecule has 3 aromatic heterocycles. The Morgan fingerprint density at radius 2 is 1.74 bits per heavy atom. The van der Waals surface area contributed by atoms with E-state index < -0.39 is 6.04 Å². The normalized spacial score (nSPS) is 14.9. The molecule has 8 heteroatoms. The molecule has 1 aromatic carbocycles. The SMILES string of the molecule is O=C(NCCc1cccnc1)c1cn2c(n1)C(c1ccccc1)N(C(=O)c1cccnc1)CC2. The smallest absolute Gasteiger partial charge is 0.271 e. The van der Waals surface area contributed by atoms with Gasteiger partial charge in [-0.15, -0.1) is 0 Å². The van der Waals surface area contributed by atoms with Gasteiger partial charge < -0.3 is 14.8 Å². The van der Waals surface area contributed by atoms with Crippen LogP contribution in [0.4, 0.5) is 0 Å². The fourth-order valence-electron chi connectivity index (χ4n) is 4.22. The standard InChI is InChI=1S/C26H24N6O2/c33-25(29-13-10-19-6-4-11-27-16-19)22-18-31-14-15-32(26(34)21-9-5-12-28-17-21)23(24(31)30-22)20-7-2-1-3-8-20/h1-9,11-12,16-18,23H,10,13-15H2,(H,29,33). The van der Waals surface area contributed by atoms with Crippen LogP contribution in [-0.4, -0.2) is 49.3 Å². The van der Waals surface area contributed by atoms with Crippen LogP contribution in [0.1, 0.15) is 43.8 Å². The Balaban J connectivity index is 1.40. The van der Waals surface area contributed by atoms with E-state index in [1.807, 2.05) is 47.0 Å². The van der Waals surface area contributed by atoms with Crippen molar-refractivity contribution in [1.82, 2.24) is 29.7 Å². The van der Waals surface area contributed by atoms with Gasteiger partial charge in [0.1, 0.15) is 17.6 Å². The molecule has 0 radical (unpaired) electrons. The molecule has 0 spiro atoms. The number of hydrogen-bond acceptors (Lipinski definition) is 5. The summed E-state index contributed by atoms with van der Waals surface area (Å²) in [4.78, 5) is 40.9. The first-order valence-electron chi connectivity index (χ1n) is 11.2. The van der Waals surface area contributed by atoms with E-state index in [0.29, 0.717) is 43.1 Å². The summed E-state index contributed by atoms with van der Waals surface area (Å²) in [6, 6.07) is 16.7. The van der Waals surface area contributed by atoms with Crippen LogP contribution in [0.15, 0.2) is 85.6 Å². The minimum absolute atomic E-state index is 0.112. The van der Waals surface area contributed by atoms with E-state index in [0.717, 1.165) is 11.1 Å². The van der Waals surface area contributed by atoms with Gasteiger partial charge in [-0.2, -0.15) is 0 Å². The molecule has 8 nitrogen and oxygen atoms in total. The molecular weight excluding hydrogens is 428 g/mol. The molecule has 0 saturated carbocycles. The highest BCUT2D eigenvalue weighted by atomic mass is 16.2. The Kier molecular flexibility index (Phi) is 6.11. The van der Waals surface area contributed by atoms with Crippen molar-refractivity contribution in [3.63, 3.8) is 0 Å². The fraction of sp³-hybridized carbons (Fsp3) is 0.192. The predicted octanol–water partition coefficient (Wildman–Crippen LogP) is 2.89. The van der Waals surface area contributed by atoms with Crippen LogP contribution in [0.3, 0.4) is 0 Å². The number of imidazole rings is 1. The fourth-order valence-corrected chi connectivity index (χ4v) is 4.22. The molecule has 2 amide bonds. The van der Waals surface area contributed by atoms with Gasteiger partial charge in [0, 0.05) is 50.6 Å². The minimum Gasteiger partial charge on any atom is -0.350 e. The highest BCUT2D eigenvalue weighted by Crippen LogP contribution is 2.32. The Bertz CT molecular complexity index is 1270. The average molecular weight is 453 g/mol. The summed E-state index contributed by atoms with van der Waals surface area (Å²) in [5.41, 5.74) is 2.87. The second-order valence-corrected chi connectivity index (χ2v) is 8.10. The molecule has 0 saturated heterocycles. The summed E-state index contributed by atoms with van der Waals surface area (Å²) in [6.07, 6.45) is 9.20. The molecule has 0 bridgehead atoms. The van der Waals surface area contributed by atoms with Crippen LogP contribution < -0.4 is 5.32 Å². The number of amides is 2. The molecule has 1 aliphatic heterocycles. The van der Waals surface area contributed by atoms with E-state index in [2.05, 4.69) is 20.3 Å². The van der Waals surface area contributed by atoms with Gasteiger partial charge in [0.05, 0.1) is 5.56 Å². The van der Waals surface area contributed by atoms with Gasteiger partial charge in [-0.25, -0.2) is 4.98 Å². The Hall–Kier alpha value is -4.33.